The summed E-state index contributed by atoms with van der Waals surface area (Å²) in [6, 6.07) is 6.12. The predicted octanol–water partition coefficient (Wildman–Crippen LogP) is 3.78. The van der Waals surface area contributed by atoms with Crippen LogP contribution in [0.2, 0.25) is 0 Å². The van der Waals surface area contributed by atoms with Crippen molar-refractivity contribution in [3.8, 4) is 0 Å². The molecule has 1 aliphatic carbocycles. The first-order valence-electron chi connectivity index (χ1n) is 7.96. The molecule has 0 aliphatic heterocycles. The number of hydrogen-bond acceptors (Lipinski definition) is 2. The smallest absolute Gasteiger partial charge is 0.407 e. The van der Waals surface area contributed by atoms with Crippen molar-refractivity contribution < 1.29 is 9.90 Å². The number of carboxylic acid groups (broad SMARTS) is 1. The number of aromatic amines is 1. The van der Waals surface area contributed by atoms with E-state index >= 15 is 0 Å². The van der Waals surface area contributed by atoms with Crippen LogP contribution in [0.15, 0.2) is 24.4 Å². The summed E-state index contributed by atoms with van der Waals surface area (Å²) in [6.07, 6.45) is 5.20. The molecule has 2 aromatic rings. The van der Waals surface area contributed by atoms with Crippen LogP contribution in [0.4, 0.5) is 10.5 Å². The zero-order chi connectivity index (χ0) is 15.7. The van der Waals surface area contributed by atoms with Crippen LogP contribution < -0.4 is 5.73 Å². The van der Waals surface area contributed by atoms with Gasteiger partial charge in [0.05, 0.1) is 0 Å². The van der Waals surface area contributed by atoms with Gasteiger partial charge in [-0.25, -0.2) is 4.79 Å². The Morgan fingerprint density at radius 3 is 2.73 bits per heavy atom. The molecule has 1 aliphatic rings. The van der Waals surface area contributed by atoms with Crippen molar-refractivity contribution in [3.63, 3.8) is 0 Å². The van der Waals surface area contributed by atoms with Gasteiger partial charge in [-0.15, -0.1) is 0 Å². The van der Waals surface area contributed by atoms with Gasteiger partial charge in [-0.3, -0.25) is 0 Å². The van der Waals surface area contributed by atoms with Gasteiger partial charge in [-0.1, -0.05) is 0 Å². The monoisotopic (exact) mass is 301 g/mol. The van der Waals surface area contributed by atoms with E-state index in [-0.39, 0.29) is 6.04 Å². The number of rotatable bonds is 3. The van der Waals surface area contributed by atoms with Gasteiger partial charge in [0.25, 0.3) is 0 Å². The first-order valence-corrected chi connectivity index (χ1v) is 7.96. The van der Waals surface area contributed by atoms with Gasteiger partial charge in [0.15, 0.2) is 0 Å². The molecule has 118 valence electrons. The number of nitrogens with one attached hydrogen (secondary N) is 1. The van der Waals surface area contributed by atoms with Crippen molar-refractivity contribution in [1.29, 1.82) is 0 Å². The molecule has 1 amide bonds. The number of nitrogens with zero attached hydrogens (tertiary/aromatic N) is 1. The molecule has 22 heavy (non-hydrogen) atoms. The second-order valence-electron chi connectivity index (χ2n) is 6.12. The molecule has 1 saturated carbocycles. The van der Waals surface area contributed by atoms with Crippen LogP contribution in [0, 0.1) is 0 Å². The van der Waals surface area contributed by atoms with Gasteiger partial charge in [0, 0.05) is 35.4 Å². The minimum Gasteiger partial charge on any atom is -0.465 e. The third kappa shape index (κ3) is 2.63. The van der Waals surface area contributed by atoms with Crippen LogP contribution in [0.3, 0.4) is 0 Å². The summed E-state index contributed by atoms with van der Waals surface area (Å²) < 4.78 is 0. The topological polar surface area (TPSA) is 82.4 Å². The van der Waals surface area contributed by atoms with E-state index in [0.29, 0.717) is 12.5 Å². The molecular formula is C17H23N3O2. The Kier molecular flexibility index (Phi) is 3.96. The number of aromatic nitrogens is 1. The Morgan fingerprint density at radius 2 is 2.09 bits per heavy atom. The van der Waals surface area contributed by atoms with Gasteiger partial charge in [-0.05, 0) is 62.3 Å². The molecule has 0 radical (unpaired) electrons. The number of hydrogen-bond donors (Lipinski definition) is 3. The number of H-pyrrole nitrogens is 1. The average molecular weight is 301 g/mol. The maximum Gasteiger partial charge on any atom is 0.407 e. The first-order chi connectivity index (χ1) is 10.6. The highest BCUT2D eigenvalue weighted by molar-refractivity contribution is 5.86. The molecule has 5 nitrogen and oxygen atoms in total. The van der Waals surface area contributed by atoms with E-state index < -0.39 is 6.09 Å². The van der Waals surface area contributed by atoms with Crippen LogP contribution in [-0.4, -0.2) is 33.7 Å². The SMILES string of the molecule is CCN(C(=O)O)C1CCC(c2c[nH]c3ccc(N)cc23)CC1. The molecule has 0 saturated heterocycles. The lowest BCUT2D eigenvalue weighted by Crippen LogP contribution is -2.41. The van der Waals surface area contributed by atoms with Gasteiger partial charge in [0.1, 0.15) is 0 Å². The zero-order valence-electron chi connectivity index (χ0n) is 12.9. The minimum atomic E-state index is -0.800. The Bertz CT molecular complexity index is 672. The van der Waals surface area contributed by atoms with Crippen LogP contribution in [0.5, 0.6) is 0 Å². The molecule has 1 aromatic carbocycles. The molecule has 0 atom stereocenters. The van der Waals surface area contributed by atoms with Crippen molar-refractivity contribution in [2.75, 3.05) is 12.3 Å². The summed E-state index contributed by atoms with van der Waals surface area (Å²) in [5, 5.41) is 10.5. The lowest BCUT2D eigenvalue weighted by Gasteiger charge is -2.34. The van der Waals surface area contributed by atoms with Crippen molar-refractivity contribution in [3.05, 3.63) is 30.0 Å². The average Bonchev–Trinajstić information content (AvgIpc) is 2.91. The number of anilines is 1. The standard InChI is InChI=1S/C17H23N3O2/c1-2-20(17(21)22)13-6-3-11(4-7-13)15-10-19-16-8-5-12(18)9-14(15)16/h5,8-11,13,19H,2-4,6-7,18H2,1H3,(H,21,22). The molecule has 4 N–H and O–H groups in total. The van der Waals surface area contributed by atoms with Crippen LogP contribution >= 0.6 is 0 Å². The lowest BCUT2D eigenvalue weighted by atomic mass is 9.81. The van der Waals surface area contributed by atoms with Crippen LogP contribution in [0.25, 0.3) is 10.9 Å². The molecule has 3 rings (SSSR count). The maximum absolute atomic E-state index is 11.3. The number of amides is 1. The van der Waals surface area contributed by atoms with E-state index in [1.54, 1.807) is 4.90 Å². The summed E-state index contributed by atoms with van der Waals surface area (Å²) in [6.45, 7) is 2.47. The van der Waals surface area contributed by atoms with Gasteiger partial charge in [-0.2, -0.15) is 0 Å². The Balaban J connectivity index is 1.75. The van der Waals surface area contributed by atoms with Gasteiger partial charge < -0.3 is 20.7 Å². The van der Waals surface area contributed by atoms with E-state index in [9.17, 15) is 9.90 Å². The normalized spacial score (nSPS) is 21.9. The third-order valence-electron chi connectivity index (χ3n) is 4.90. The van der Waals surface area contributed by atoms with Gasteiger partial charge in [0.2, 0.25) is 0 Å². The third-order valence-corrected chi connectivity index (χ3v) is 4.90. The highest BCUT2D eigenvalue weighted by Crippen LogP contribution is 2.38. The maximum atomic E-state index is 11.3. The fourth-order valence-electron chi connectivity index (χ4n) is 3.75. The lowest BCUT2D eigenvalue weighted by molar-refractivity contribution is 0.112. The Labute approximate surface area is 130 Å². The van der Waals surface area contributed by atoms with Crippen LogP contribution in [-0.2, 0) is 0 Å². The zero-order valence-corrected chi connectivity index (χ0v) is 12.9. The Hall–Kier alpha value is -2.17. The summed E-state index contributed by atoms with van der Waals surface area (Å²) in [5.41, 5.74) is 9.13. The van der Waals surface area contributed by atoms with Crippen LogP contribution in [0.1, 0.15) is 44.1 Å². The van der Waals surface area contributed by atoms with E-state index in [0.717, 1.165) is 36.9 Å². The minimum absolute atomic E-state index is 0.161. The first kappa shape index (κ1) is 14.8. The molecule has 5 heteroatoms. The van der Waals surface area contributed by atoms with Crippen molar-refractivity contribution in [2.24, 2.45) is 0 Å². The van der Waals surface area contributed by atoms with Crippen molar-refractivity contribution >= 4 is 22.7 Å². The van der Waals surface area contributed by atoms with E-state index in [2.05, 4.69) is 11.2 Å². The van der Waals surface area contributed by atoms with Gasteiger partial charge >= 0.3 is 6.09 Å². The summed E-state index contributed by atoms with van der Waals surface area (Å²) >= 11 is 0. The number of benzene rings is 1. The summed E-state index contributed by atoms with van der Waals surface area (Å²) in [7, 11) is 0. The number of fused-ring (bicyclic) bond motifs is 1. The molecule has 0 bridgehead atoms. The van der Waals surface area contributed by atoms with Crippen molar-refractivity contribution in [1.82, 2.24) is 9.88 Å². The fraction of sp³-hybridized carbons (Fsp3) is 0.471. The summed E-state index contributed by atoms with van der Waals surface area (Å²) in [5.74, 6) is 0.485. The molecule has 0 unspecified atom stereocenters. The van der Waals surface area contributed by atoms with E-state index in [4.69, 9.17) is 5.73 Å². The highest BCUT2D eigenvalue weighted by Gasteiger charge is 2.29. The summed E-state index contributed by atoms with van der Waals surface area (Å²) in [4.78, 5) is 16.1. The Morgan fingerprint density at radius 1 is 1.36 bits per heavy atom. The van der Waals surface area contributed by atoms with E-state index in [1.807, 2.05) is 25.1 Å². The second-order valence-corrected chi connectivity index (χ2v) is 6.12. The molecule has 1 fully saturated rings. The quantitative estimate of drug-likeness (QED) is 0.755. The molecule has 0 spiro atoms. The number of nitrogen functional groups attached to an aromatic ring is 1. The number of carbonyl (C=O) groups is 1. The molecule has 1 heterocycles. The predicted molar refractivity (Wildman–Crippen MR) is 88.1 cm³/mol. The van der Waals surface area contributed by atoms with E-state index in [1.165, 1.54) is 10.9 Å². The molecule has 1 aromatic heterocycles. The highest BCUT2D eigenvalue weighted by atomic mass is 16.4. The second kappa shape index (κ2) is 5.91. The largest absolute Gasteiger partial charge is 0.465 e. The van der Waals surface area contributed by atoms with Crippen molar-refractivity contribution in [2.45, 2.75) is 44.6 Å². The number of nitrogens with two attached hydrogens (primary N) is 1. The molecular weight excluding hydrogens is 278 g/mol. The fourth-order valence-corrected chi connectivity index (χ4v) is 3.75.